The molecule has 4 saturated heterocycles. The molecule has 1 aromatic carbocycles. The summed E-state index contributed by atoms with van der Waals surface area (Å²) in [5.74, 6) is 0. The number of hydrogen-bond donors (Lipinski definition) is 2. The Morgan fingerprint density at radius 3 is 1.79 bits per heavy atom. The molecule has 4 aliphatic rings. The van der Waals surface area contributed by atoms with E-state index in [0.717, 1.165) is 18.4 Å². The number of halogens is 2. The predicted molar refractivity (Wildman–Crippen MR) is 160 cm³/mol. The van der Waals surface area contributed by atoms with Crippen molar-refractivity contribution in [3.8, 4) is 0 Å². The van der Waals surface area contributed by atoms with E-state index in [9.17, 15) is 18.4 Å². The van der Waals surface area contributed by atoms with Crippen LogP contribution in [-0.2, 0) is 36.4 Å². The molecule has 5 rings (SSSR count). The van der Waals surface area contributed by atoms with E-state index in [1.54, 1.807) is 9.80 Å². The van der Waals surface area contributed by atoms with Crippen molar-refractivity contribution in [3.05, 3.63) is 43.3 Å². The van der Waals surface area contributed by atoms with Gasteiger partial charge in [-0.1, -0.05) is 30.3 Å². The first-order chi connectivity index (χ1) is 19.1. The van der Waals surface area contributed by atoms with Gasteiger partial charge in [0.05, 0.1) is 12.1 Å². The van der Waals surface area contributed by atoms with Crippen LogP contribution in [-0.4, -0.2) is 81.8 Å². The molecule has 4 fully saturated rings. The number of carbonyl (C=O) groups excluding carboxylic acids is 2. The van der Waals surface area contributed by atoms with Crippen LogP contribution in [0.2, 0.25) is 0 Å². The average Bonchev–Trinajstić information content (AvgIpc) is 3.41. The maximum absolute atomic E-state index is 15.0. The summed E-state index contributed by atoms with van der Waals surface area (Å²) in [5.41, 5.74) is 5.79. The number of ether oxygens (including phenoxy) is 2. The fourth-order valence-corrected chi connectivity index (χ4v) is 6.57. The van der Waals surface area contributed by atoms with E-state index >= 15 is 0 Å². The van der Waals surface area contributed by atoms with Crippen molar-refractivity contribution in [2.45, 2.75) is 146 Å². The molecule has 0 aromatic heterocycles. The number of nitrogens with two attached hydrogens (primary N) is 1. The number of nitrogens with zero attached hydrogens (tertiary/aromatic N) is 2. The van der Waals surface area contributed by atoms with Gasteiger partial charge < -0.3 is 28.0 Å². The Morgan fingerprint density at radius 1 is 0.837 bits per heavy atom. The molecule has 8 atom stereocenters. The SMILES string of the molecule is CC(C)(C)OC(=O)N1[C@@H]2CC[C@H]1[C@H](F)[C@H](N)C2.CC(C)(C)OC(=O)N1[C@@H]2CC[C@H]1[C@H](F)[C@H](NCc1ccccc1)C2.[CH3-].[Pd]. The summed E-state index contributed by atoms with van der Waals surface area (Å²) in [5, 5.41) is 3.34. The van der Waals surface area contributed by atoms with E-state index in [1.807, 2.05) is 71.9 Å². The van der Waals surface area contributed by atoms with Crippen LogP contribution in [0.15, 0.2) is 30.3 Å². The van der Waals surface area contributed by atoms with Gasteiger partial charge >= 0.3 is 12.2 Å². The van der Waals surface area contributed by atoms with Crippen LogP contribution in [0.1, 0.15) is 85.6 Å². The molecule has 4 aliphatic heterocycles. The number of benzene rings is 1. The summed E-state index contributed by atoms with van der Waals surface area (Å²) in [4.78, 5) is 27.7. The molecule has 4 bridgehead atoms. The van der Waals surface area contributed by atoms with E-state index in [1.165, 1.54) is 0 Å². The molecular weight excluding hydrogens is 649 g/mol. The fourth-order valence-electron chi connectivity index (χ4n) is 6.57. The Morgan fingerprint density at radius 2 is 1.30 bits per heavy atom. The fraction of sp³-hybridized carbons (Fsp3) is 0.719. The smallest absolute Gasteiger partial charge is 0.410 e. The Kier molecular flexibility index (Phi) is 13.0. The molecule has 3 N–H and O–H groups in total. The van der Waals surface area contributed by atoms with Gasteiger partial charge in [0, 0.05) is 51.1 Å². The zero-order chi connectivity index (χ0) is 30.1. The maximum atomic E-state index is 15.0. The van der Waals surface area contributed by atoms with Gasteiger partial charge in [-0.05, 0) is 85.6 Å². The van der Waals surface area contributed by atoms with Crippen molar-refractivity contribution in [1.82, 2.24) is 15.1 Å². The molecule has 0 spiro atoms. The van der Waals surface area contributed by atoms with Crippen molar-refractivity contribution in [2.24, 2.45) is 5.73 Å². The molecule has 43 heavy (non-hydrogen) atoms. The minimum absolute atomic E-state index is 0. The number of piperidine rings is 2. The van der Waals surface area contributed by atoms with Crippen molar-refractivity contribution in [1.29, 1.82) is 0 Å². The second kappa shape index (κ2) is 15.0. The second-order valence-corrected chi connectivity index (χ2v) is 13.9. The quantitative estimate of drug-likeness (QED) is 0.300. The van der Waals surface area contributed by atoms with Gasteiger partial charge in [-0.15, -0.1) is 0 Å². The van der Waals surface area contributed by atoms with Crippen LogP contribution >= 0.6 is 0 Å². The van der Waals surface area contributed by atoms with Crippen molar-refractivity contribution < 1.29 is 48.3 Å². The number of amides is 2. The second-order valence-electron chi connectivity index (χ2n) is 13.9. The van der Waals surface area contributed by atoms with Crippen LogP contribution in [0.25, 0.3) is 0 Å². The standard InChI is InChI=1S/C19H27FN2O2.C12H21FN2O2.CH3.Pd/c1-19(2,3)24-18(23)22-14-9-10-16(22)17(20)15(11-14)21-12-13-7-5-4-6-8-13;1-12(2,3)17-11(16)15-7-4-5-9(15)10(13)8(14)6-7;;/h4-8,14-17,21H,9-12H2,1-3H3;7-10H,4-6,14H2,1-3H3;1H3;/q;;-1;/t14-,15-,16+,17-;7-,8-,9+,10-;;/m11../s1. The summed E-state index contributed by atoms with van der Waals surface area (Å²) in [7, 11) is 0. The molecule has 11 heteroatoms. The summed E-state index contributed by atoms with van der Waals surface area (Å²) < 4.78 is 39.7. The number of hydrogen-bond acceptors (Lipinski definition) is 6. The monoisotopic (exact) mass is 699 g/mol. The Bertz CT molecular complexity index is 1050. The molecule has 1 aromatic rings. The Balaban J connectivity index is 0.000000302. The predicted octanol–water partition coefficient (Wildman–Crippen LogP) is 5.93. The van der Waals surface area contributed by atoms with Crippen LogP contribution in [0.3, 0.4) is 0 Å². The molecule has 248 valence electrons. The molecule has 0 radical (unpaired) electrons. The van der Waals surface area contributed by atoms with E-state index in [2.05, 4.69) is 5.32 Å². The third kappa shape index (κ3) is 9.35. The minimum atomic E-state index is -1.12. The van der Waals surface area contributed by atoms with E-state index in [4.69, 9.17) is 15.2 Å². The first-order valence-electron chi connectivity index (χ1n) is 15.0. The van der Waals surface area contributed by atoms with Gasteiger partial charge in [0.25, 0.3) is 0 Å². The number of rotatable bonds is 3. The number of carbonyl (C=O) groups is 2. The Labute approximate surface area is 270 Å². The van der Waals surface area contributed by atoms with Gasteiger partial charge in [0.2, 0.25) is 0 Å². The first-order valence-corrected chi connectivity index (χ1v) is 15.0. The molecule has 0 saturated carbocycles. The first kappa shape index (κ1) is 37.4. The van der Waals surface area contributed by atoms with Crippen molar-refractivity contribution in [2.75, 3.05) is 0 Å². The van der Waals surface area contributed by atoms with Crippen molar-refractivity contribution in [3.63, 3.8) is 0 Å². The largest absolute Gasteiger partial charge is 0.444 e. The van der Waals surface area contributed by atoms with E-state index < -0.39 is 41.7 Å². The third-order valence-electron chi connectivity index (χ3n) is 8.31. The van der Waals surface area contributed by atoms with Crippen molar-refractivity contribution >= 4 is 12.2 Å². The third-order valence-corrected chi connectivity index (χ3v) is 8.31. The summed E-state index contributed by atoms with van der Waals surface area (Å²) in [6, 6.07) is 8.73. The van der Waals surface area contributed by atoms with Gasteiger partial charge in [-0.2, -0.15) is 0 Å². The van der Waals surface area contributed by atoms with Crippen LogP contribution in [0.5, 0.6) is 0 Å². The molecule has 0 aliphatic carbocycles. The van der Waals surface area contributed by atoms with E-state index in [0.29, 0.717) is 32.2 Å². The van der Waals surface area contributed by atoms with Crippen LogP contribution in [0.4, 0.5) is 18.4 Å². The molecule has 2 amide bonds. The summed E-state index contributed by atoms with van der Waals surface area (Å²) in [6.45, 7) is 11.6. The molecule has 4 heterocycles. The zero-order valence-corrected chi connectivity index (χ0v) is 28.2. The minimum Gasteiger partial charge on any atom is -0.444 e. The van der Waals surface area contributed by atoms with E-state index in [-0.39, 0.29) is 58.1 Å². The maximum Gasteiger partial charge on any atom is 0.410 e. The number of nitrogens with one attached hydrogen (secondary N) is 1. The normalized spacial score (nSPS) is 31.2. The van der Waals surface area contributed by atoms with Gasteiger partial charge in [0.1, 0.15) is 23.5 Å². The topological polar surface area (TPSA) is 97.1 Å². The van der Waals surface area contributed by atoms with Gasteiger partial charge in [-0.3, -0.25) is 9.80 Å². The molecule has 0 unspecified atom stereocenters. The summed E-state index contributed by atoms with van der Waals surface area (Å²) >= 11 is 0. The number of fused-ring (bicyclic) bond motifs is 4. The van der Waals surface area contributed by atoms with Crippen LogP contribution in [0, 0.1) is 7.43 Å². The summed E-state index contributed by atoms with van der Waals surface area (Å²) in [6.07, 6.45) is 1.32. The van der Waals surface area contributed by atoms with Gasteiger partial charge in [-0.25, -0.2) is 18.4 Å². The average molecular weight is 700 g/mol. The molecule has 8 nitrogen and oxygen atoms in total. The molecular formula is C32H51F2N4O4Pd-. The Hall–Kier alpha value is -1.80. The zero-order valence-electron chi connectivity index (χ0n) is 26.6. The number of alkyl halides is 2. The van der Waals surface area contributed by atoms with Gasteiger partial charge in [0.15, 0.2) is 0 Å². The van der Waals surface area contributed by atoms with Crippen LogP contribution < -0.4 is 11.1 Å².